The van der Waals surface area contributed by atoms with Crippen molar-refractivity contribution in [1.29, 1.82) is 0 Å². The van der Waals surface area contributed by atoms with Crippen LogP contribution in [0, 0.1) is 6.92 Å². The predicted molar refractivity (Wildman–Crippen MR) is 67.6 cm³/mol. The molecule has 0 spiro atoms. The van der Waals surface area contributed by atoms with Crippen LogP contribution in [0.25, 0.3) is 0 Å². The highest BCUT2D eigenvalue weighted by atomic mass is 32.1. The first kappa shape index (κ1) is 11.6. The normalized spacial score (nSPS) is 10.2. The molecule has 4 nitrogen and oxygen atoms in total. The number of thiazole rings is 1. The fourth-order valence-electron chi connectivity index (χ4n) is 1.48. The van der Waals surface area contributed by atoms with Gasteiger partial charge in [-0.25, -0.2) is 9.78 Å². The van der Waals surface area contributed by atoms with Gasteiger partial charge in [0.05, 0.1) is 12.1 Å². The Kier molecular flexibility index (Phi) is 3.39. The number of aromatic carboxylic acids is 1. The first-order valence-electron chi connectivity index (χ1n) is 5.14. The number of rotatable bonds is 4. The van der Waals surface area contributed by atoms with E-state index in [-0.39, 0.29) is 5.56 Å². The summed E-state index contributed by atoms with van der Waals surface area (Å²) in [6.07, 6.45) is 0. The number of aryl methyl sites for hydroxylation is 1. The van der Waals surface area contributed by atoms with Gasteiger partial charge in [-0.05, 0) is 19.1 Å². The van der Waals surface area contributed by atoms with Gasteiger partial charge in [0, 0.05) is 16.8 Å². The van der Waals surface area contributed by atoms with Crippen molar-refractivity contribution < 1.29 is 9.90 Å². The number of nitrogens with one attached hydrogen (secondary N) is 1. The van der Waals surface area contributed by atoms with Crippen molar-refractivity contribution in [3.05, 3.63) is 45.9 Å². The molecule has 0 aliphatic carbocycles. The van der Waals surface area contributed by atoms with Gasteiger partial charge >= 0.3 is 5.97 Å². The molecule has 0 bridgehead atoms. The minimum Gasteiger partial charge on any atom is -0.478 e. The molecule has 1 aromatic heterocycles. The lowest BCUT2D eigenvalue weighted by Crippen LogP contribution is -2.05. The van der Waals surface area contributed by atoms with Crippen molar-refractivity contribution in [3.8, 4) is 0 Å². The number of anilines is 1. The van der Waals surface area contributed by atoms with Crippen LogP contribution in [0.5, 0.6) is 0 Å². The van der Waals surface area contributed by atoms with Crippen LogP contribution in [0.1, 0.15) is 21.1 Å². The summed E-state index contributed by atoms with van der Waals surface area (Å²) in [7, 11) is 0. The topological polar surface area (TPSA) is 62.2 Å². The molecule has 1 heterocycles. The average Bonchev–Trinajstić information content (AvgIpc) is 2.73. The summed E-state index contributed by atoms with van der Waals surface area (Å²) in [5.41, 5.74) is 1.88. The zero-order chi connectivity index (χ0) is 12.3. The molecular formula is C12H12N2O2S. The summed E-state index contributed by atoms with van der Waals surface area (Å²) in [5.74, 6) is -0.927. The number of hydrogen-bond donors (Lipinski definition) is 2. The maximum atomic E-state index is 11.0. The predicted octanol–water partition coefficient (Wildman–Crippen LogP) is 2.76. The van der Waals surface area contributed by atoms with Crippen LogP contribution in [0.3, 0.4) is 0 Å². The summed E-state index contributed by atoms with van der Waals surface area (Å²) in [6, 6.07) is 6.85. The van der Waals surface area contributed by atoms with Crippen LogP contribution < -0.4 is 5.32 Å². The molecule has 0 amide bonds. The van der Waals surface area contributed by atoms with Gasteiger partial charge in [0.15, 0.2) is 0 Å². The molecule has 2 N–H and O–H groups in total. The van der Waals surface area contributed by atoms with E-state index < -0.39 is 5.97 Å². The molecular weight excluding hydrogens is 236 g/mol. The van der Waals surface area contributed by atoms with E-state index in [1.807, 2.05) is 18.4 Å². The maximum absolute atomic E-state index is 11.0. The molecule has 0 unspecified atom stereocenters. The van der Waals surface area contributed by atoms with Gasteiger partial charge in [-0.15, -0.1) is 11.3 Å². The summed E-state index contributed by atoms with van der Waals surface area (Å²) in [6.45, 7) is 2.48. The van der Waals surface area contributed by atoms with Crippen LogP contribution >= 0.6 is 11.3 Å². The number of nitrogens with zero attached hydrogens (tertiary/aromatic N) is 1. The number of para-hydroxylation sites is 1. The molecule has 0 atom stereocenters. The van der Waals surface area contributed by atoms with Crippen molar-refractivity contribution in [1.82, 2.24) is 4.98 Å². The molecule has 1 aromatic carbocycles. The van der Waals surface area contributed by atoms with Gasteiger partial charge in [0.1, 0.15) is 5.01 Å². The third-order valence-corrected chi connectivity index (χ3v) is 3.22. The second-order valence-electron chi connectivity index (χ2n) is 3.59. The Morgan fingerprint density at radius 3 is 2.88 bits per heavy atom. The first-order valence-corrected chi connectivity index (χ1v) is 6.02. The molecule has 0 saturated heterocycles. The number of aromatic nitrogens is 1. The average molecular weight is 248 g/mol. The highest BCUT2D eigenvalue weighted by Crippen LogP contribution is 2.17. The van der Waals surface area contributed by atoms with E-state index in [1.165, 1.54) is 0 Å². The van der Waals surface area contributed by atoms with Crippen LogP contribution in [-0.4, -0.2) is 16.1 Å². The molecule has 0 aliphatic rings. The smallest absolute Gasteiger partial charge is 0.337 e. The van der Waals surface area contributed by atoms with Crippen LogP contribution in [-0.2, 0) is 6.54 Å². The third kappa shape index (κ3) is 2.82. The van der Waals surface area contributed by atoms with Crippen LogP contribution in [0.4, 0.5) is 5.69 Å². The molecule has 17 heavy (non-hydrogen) atoms. The van der Waals surface area contributed by atoms with E-state index in [4.69, 9.17) is 5.11 Å². The summed E-state index contributed by atoms with van der Waals surface area (Å²) in [5, 5.41) is 15.0. The summed E-state index contributed by atoms with van der Waals surface area (Å²) >= 11 is 1.56. The summed E-state index contributed by atoms with van der Waals surface area (Å²) in [4.78, 5) is 15.3. The van der Waals surface area contributed by atoms with Crippen LogP contribution in [0.2, 0.25) is 0 Å². The lowest BCUT2D eigenvalue weighted by Gasteiger charge is -2.07. The molecule has 88 valence electrons. The van der Waals surface area contributed by atoms with E-state index >= 15 is 0 Å². The van der Waals surface area contributed by atoms with Crippen LogP contribution in [0.15, 0.2) is 29.6 Å². The number of carbonyl (C=O) groups is 1. The fourth-order valence-corrected chi connectivity index (χ4v) is 2.19. The molecule has 5 heteroatoms. The van der Waals surface area contributed by atoms with E-state index in [9.17, 15) is 4.79 Å². The highest BCUT2D eigenvalue weighted by Gasteiger charge is 2.08. The lowest BCUT2D eigenvalue weighted by atomic mass is 10.2. The Bertz CT molecular complexity index is 537. The van der Waals surface area contributed by atoms with E-state index in [1.54, 1.807) is 29.5 Å². The Morgan fingerprint density at radius 2 is 2.24 bits per heavy atom. The number of hydrogen-bond acceptors (Lipinski definition) is 4. The van der Waals surface area contributed by atoms with Crippen molar-refractivity contribution >= 4 is 23.0 Å². The molecule has 0 aliphatic heterocycles. The largest absolute Gasteiger partial charge is 0.478 e. The monoisotopic (exact) mass is 248 g/mol. The van der Waals surface area contributed by atoms with Crippen molar-refractivity contribution in [2.24, 2.45) is 0 Å². The van der Waals surface area contributed by atoms with E-state index in [2.05, 4.69) is 10.3 Å². The number of carboxylic acids is 1. The molecule has 0 radical (unpaired) electrons. The molecule has 2 rings (SSSR count). The van der Waals surface area contributed by atoms with Crippen molar-refractivity contribution in [2.45, 2.75) is 13.5 Å². The second-order valence-corrected chi connectivity index (χ2v) is 4.53. The van der Waals surface area contributed by atoms with Gasteiger partial charge in [0.2, 0.25) is 0 Å². The zero-order valence-electron chi connectivity index (χ0n) is 9.30. The Labute approximate surface area is 103 Å². The van der Waals surface area contributed by atoms with Gasteiger partial charge in [-0.2, -0.15) is 0 Å². The number of carboxylic acid groups (broad SMARTS) is 1. The van der Waals surface area contributed by atoms with Gasteiger partial charge in [0.25, 0.3) is 0 Å². The Hall–Kier alpha value is -1.88. The van der Waals surface area contributed by atoms with Gasteiger partial charge in [-0.3, -0.25) is 0 Å². The molecule has 0 fully saturated rings. The Morgan fingerprint density at radius 1 is 1.47 bits per heavy atom. The third-order valence-electron chi connectivity index (χ3n) is 2.25. The summed E-state index contributed by atoms with van der Waals surface area (Å²) < 4.78 is 0. The fraction of sp³-hybridized carbons (Fsp3) is 0.167. The zero-order valence-corrected chi connectivity index (χ0v) is 10.1. The SMILES string of the molecule is Cc1csc(CNc2ccccc2C(=O)O)n1. The number of benzene rings is 1. The van der Waals surface area contributed by atoms with E-state index in [0.29, 0.717) is 12.2 Å². The maximum Gasteiger partial charge on any atom is 0.337 e. The van der Waals surface area contributed by atoms with Crippen molar-refractivity contribution in [2.75, 3.05) is 5.32 Å². The highest BCUT2D eigenvalue weighted by molar-refractivity contribution is 7.09. The minimum absolute atomic E-state index is 0.278. The lowest BCUT2D eigenvalue weighted by molar-refractivity contribution is 0.0698. The molecule has 0 saturated carbocycles. The quantitative estimate of drug-likeness (QED) is 0.873. The first-order chi connectivity index (χ1) is 8.16. The van der Waals surface area contributed by atoms with E-state index in [0.717, 1.165) is 10.7 Å². The van der Waals surface area contributed by atoms with Gasteiger partial charge < -0.3 is 10.4 Å². The standard InChI is InChI=1S/C12H12N2O2S/c1-8-7-17-11(14-8)6-13-10-5-3-2-4-9(10)12(15)16/h2-5,7,13H,6H2,1H3,(H,15,16). The minimum atomic E-state index is -0.927. The molecule has 2 aromatic rings. The van der Waals surface area contributed by atoms with Crippen molar-refractivity contribution in [3.63, 3.8) is 0 Å². The van der Waals surface area contributed by atoms with Gasteiger partial charge in [-0.1, -0.05) is 12.1 Å². The second kappa shape index (κ2) is 4.97. The Balaban J connectivity index is 2.11.